The highest BCUT2D eigenvalue weighted by Gasteiger charge is 2.19. The summed E-state index contributed by atoms with van der Waals surface area (Å²) >= 11 is 0. The molecule has 1 N–H and O–H groups in total. The van der Waals surface area contributed by atoms with E-state index in [4.69, 9.17) is 4.74 Å². The maximum Gasteiger partial charge on any atom is 0.242 e. The number of carbonyl (C=O) groups is 2. The molecule has 23 heavy (non-hydrogen) atoms. The van der Waals surface area contributed by atoms with Gasteiger partial charge in [-0.25, -0.2) is 0 Å². The van der Waals surface area contributed by atoms with Crippen LogP contribution in [-0.4, -0.2) is 68.0 Å². The Bertz CT molecular complexity index is 522. The Labute approximate surface area is 137 Å². The van der Waals surface area contributed by atoms with Gasteiger partial charge in [-0.1, -0.05) is 12.1 Å². The summed E-state index contributed by atoms with van der Waals surface area (Å²) in [6, 6.07) is 7.43. The number of piperazine rings is 1. The molecule has 1 aromatic rings. The van der Waals surface area contributed by atoms with E-state index in [9.17, 15) is 9.59 Å². The van der Waals surface area contributed by atoms with Crippen molar-refractivity contribution in [3.8, 4) is 5.75 Å². The third kappa shape index (κ3) is 5.56. The van der Waals surface area contributed by atoms with E-state index >= 15 is 0 Å². The first-order valence-corrected chi connectivity index (χ1v) is 8.03. The lowest BCUT2D eigenvalue weighted by atomic mass is 10.1. The van der Waals surface area contributed by atoms with Gasteiger partial charge in [-0.2, -0.15) is 0 Å². The highest BCUT2D eigenvalue weighted by atomic mass is 16.5. The third-order valence-electron chi connectivity index (χ3n) is 3.89. The molecule has 6 heteroatoms. The zero-order valence-corrected chi connectivity index (χ0v) is 13.9. The molecule has 126 valence electrons. The molecular weight excluding hydrogens is 294 g/mol. The van der Waals surface area contributed by atoms with Gasteiger partial charge >= 0.3 is 0 Å². The molecule has 0 aromatic heterocycles. The van der Waals surface area contributed by atoms with Gasteiger partial charge < -0.3 is 19.9 Å². The normalized spacial score (nSPS) is 15.3. The molecule has 0 unspecified atom stereocenters. The number of carbonyl (C=O) groups excluding carboxylic acids is 2. The highest BCUT2D eigenvalue weighted by Crippen LogP contribution is 2.12. The second-order valence-corrected chi connectivity index (χ2v) is 5.71. The van der Waals surface area contributed by atoms with Crippen LogP contribution < -0.4 is 10.1 Å². The first-order chi connectivity index (χ1) is 11.1. The summed E-state index contributed by atoms with van der Waals surface area (Å²) < 4.78 is 5.37. The van der Waals surface area contributed by atoms with Crippen molar-refractivity contribution >= 4 is 11.8 Å². The summed E-state index contributed by atoms with van der Waals surface area (Å²) in [5, 5.41) is 2.70. The van der Waals surface area contributed by atoms with Crippen molar-refractivity contribution < 1.29 is 14.3 Å². The largest absolute Gasteiger partial charge is 0.494 e. The molecule has 0 saturated carbocycles. The van der Waals surface area contributed by atoms with Crippen LogP contribution in [0.1, 0.15) is 12.5 Å². The van der Waals surface area contributed by atoms with Gasteiger partial charge in [0.25, 0.3) is 0 Å². The number of amides is 2. The Morgan fingerprint density at radius 2 is 1.78 bits per heavy atom. The standard InChI is InChI=1S/C17H25N3O3/c1-3-23-15-6-4-14(5-7-15)12-16(21)18-13-17(22)20-10-8-19(2)9-11-20/h4-7H,3,8-13H2,1-2H3,(H,18,21). The molecule has 0 spiro atoms. The first-order valence-electron chi connectivity index (χ1n) is 8.03. The molecule has 0 bridgehead atoms. The molecule has 1 fully saturated rings. The molecule has 0 radical (unpaired) electrons. The predicted octanol–water partition coefficient (Wildman–Crippen LogP) is 0.518. The Morgan fingerprint density at radius 3 is 2.39 bits per heavy atom. The number of likely N-dealkylation sites (N-methyl/N-ethyl adjacent to an activating group) is 1. The van der Waals surface area contributed by atoms with Crippen molar-refractivity contribution in [1.29, 1.82) is 0 Å². The molecule has 0 aliphatic carbocycles. The van der Waals surface area contributed by atoms with Crippen molar-refractivity contribution in [3.63, 3.8) is 0 Å². The Morgan fingerprint density at radius 1 is 1.13 bits per heavy atom. The molecule has 6 nitrogen and oxygen atoms in total. The van der Waals surface area contributed by atoms with Gasteiger partial charge in [0, 0.05) is 26.2 Å². The van der Waals surface area contributed by atoms with E-state index in [1.807, 2.05) is 38.2 Å². The molecule has 2 amide bonds. The summed E-state index contributed by atoms with van der Waals surface area (Å²) in [6.07, 6.45) is 0.266. The van der Waals surface area contributed by atoms with Gasteiger partial charge in [-0.15, -0.1) is 0 Å². The van der Waals surface area contributed by atoms with Crippen molar-refractivity contribution in [2.75, 3.05) is 46.4 Å². The van der Waals surface area contributed by atoms with Crippen molar-refractivity contribution in [2.24, 2.45) is 0 Å². The number of nitrogens with one attached hydrogen (secondary N) is 1. The predicted molar refractivity (Wildman–Crippen MR) is 88.4 cm³/mol. The molecule has 1 aliphatic rings. The minimum atomic E-state index is -0.142. The summed E-state index contributed by atoms with van der Waals surface area (Å²) in [5.41, 5.74) is 0.901. The lowest BCUT2D eigenvalue weighted by Crippen LogP contribution is -2.50. The average molecular weight is 319 g/mol. The summed E-state index contributed by atoms with van der Waals surface area (Å²) in [6.45, 7) is 5.83. The van der Waals surface area contributed by atoms with E-state index in [2.05, 4.69) is 10.2 Å². The second-order valence-electron chi connectivity index (χ2n) is 5.71. The number of benzene rings is 1. The van der Waals surface area contributed by atoms with Gasteiger partial charge in [0.05, 0.1) is 19.6 Å². The number of ether oxygens (including phenoxy) is 1. The first kappa shape index (κ1) is 17.3. The zero-order valence-electron chi connectivity index (χ0n) is 13.9. The Kier molecular flexibility index (Phi) is 6.40. The molecule has 0 atom stereocenters. The molecule has 1 saturated heterocycles. The van der Waals surface area contributed by atoms with E-state index in [0.29, 0.717) is 6.61 Å². The molecule has 1 aliphatic heterocycles. The van der Waals surface area contributed by atoms with Crippen LogP contribution in [-0.2, 0) is 16.0 Å². The van der Waals surface area contributed by atoms with Gasteiger partial charge in [0.1, 0.15) is 5.75 Å². The van der Waals surface area contributed by atoms with E-state index in [-0.39, 0.29) is 24.8 Å². The van der Waals surface area contributed by atoms with Gasteiger partial charge in [-0.3, -0.25) is 9.59 Å². The second kappa shape index (κ2) is 8.53. The fourth-order valence-corrected chi connectivity index (χ4v) is 2.46. The molecular formula is C17H25N3O3. The van der Waals surface area contributed by atoms with Gasteiger partial charge in [0.2, 0.25) is 11.8 Å². The van der Waals surface area contributed by atoms with Crippen LogP contribution in [0.25, 0.3) is 0 Å². The topological polar surface area (TPSA) is 61.9 Å². The summed E-state index contributed by atoms with van der Waals surface area (Å²) in [5.74, 6) is 0.636. The number of hydrogen-bond acceptors (Lipinski definition) is 4. The fraction of sp³-hybridized carbons (Fsp3) is 0.529. The summed E-state index contributed by atoms with van der Waals surface area (Å²) in [4.78, 5) is 28.0. The van der Waals surface area contributed by atoms with Crippen LogP contribution in [0.5, 0.6) is 5.75 Å². The smallest absolute Gasteiger partial charge is 0.242 e. The Hall–Kier alpha value is -2.08. The van der Waals surface area contributed by atoms with Crippen LogP contribution in [0.2, 0.25) is 0 Å². The molecule has 1 heterocycles. The summed E-state index contributed by atoms with van der Waals surface area (Å²) in [7, 11) is 2.04. The maximum atomic E-state index is 12.1. The quantitative estimate of drug-likeness (QED) is 0.830. The Balaban J connectivity index is 1.73. The van der Waals surface area contributed by atoms with E-state index in [1.165, 1.54) is 0 Å². The monoisotopic (exact) mass is 319 g/mol. The lowest BCUT2D eigenvalue weighted by Gasteiger charge is -2.32. The lowest BCUT2D eigenvalue weighted by molar-refractivity contribution is -0.134. The van der Waals surface area contributed by atoms with Crippen molar-refractivity contribution in [2.45, 2.75) is 13.3 Å². The highest BCUT2D eigenvalue weighted by molar-refractivity contribution is 5.85. The van der Waals surface area contributed by atoms with Crippen LogP contribution in [0.4, 0.5) is 0 Å². The minimum absolute atomic E-state index is 0.0156. The van der Waals surface area contributed by atoms with E-state index in [1.54, 1.807) is 4.90 Å². The SMILES string of the molecule is CCOc1ccc(CC(=O)NCC(=O)N2CCN(C)CC2)cc1. The fourth-order valence-electron chi connectivity index (χ4n) is 2.46. The number of hydrogen-bond donors (Lipinski definition) is 1. The number of nitrogens with zero attached hydrogens (tertiary/aromatic N) is 2. The van der Waals surface area contributed by atoms with E-state index in [0.717, 1.165) is 37.5 Å². The van der Waals surface area contributed by atoms with Crippen LogP contribution in [0, 0.1) is 0 Å². The molecule has 1 aromatic carbocycles. The maximum absolute atomic E-state index is 12.1. The van der Waals surface area contributed by atoms with Crippen LogP contribution >= 0.6 is 0 Å². The number of rotatable bonds is 6. The van der Waals surface area contributed by atoms with Crippen LogP contribution in [0.15, 0.2) is 24.3 Å². The van der Waals surface area contributed by atoms with Crippen molar-refractivity contribution in [1.82, 2.24) is 15.1 Å². The minimum Gasteiger partial charge on any atom is -0.494 e. The molecule has 2 rings (SSSR count). The van der Waals surface area contributed by atoms with Gasteiger partial charge in [0.15, 0.2) is 0 Å². The third-order valence-corrected chi connectivity index (χ3v) is 3.89. The van der Waals surface area contributed by atoms with Gasteiger partial charge in [-0.05, 0) is 31.7 Å². The zero-order chi connectivity index (χ0) is 16.7. The average Bonchev–Trinajstić information content (AvgIpc) is 2.55. The van der Waals surface area contributed by atoms with Crippen molar-refractivity contribution in [3.05, 3.63) is 29.8 Å². The van der Waals surface area contributed by atoms with Crippen LogP contribution in [0.3, 0.4) is 0 Å². The van der Waals surface area contributed by atoms with E-state index < -0.39 is 0 Å².